The van der Waals surface area contributed by atoms with E-state index in [-0.39, 0.29) is 16.9 Å². The zero-order valence-corrected chi connectivity index (χ0v) is 9.65. The van der Waals surface area contributed by atoms with Crippen molar-refractivity contribution in [3.63, 3.8) is 0 Å². The standard InChI is InChI=1S/C11H13FO5/c1-5-4-6(9(14)11(15)17-3)7(12)10(16-2)8(5)13/h4,9,13-14H,1-3H3. The first kappa shape index (κ1) is 13.2. The Bertz CT molecular complexity index is 444. The van der Waals surface area contributed by atoms with Crippen LogP contribution in [0.25, 0.3) is 0 Å². The molecule has 0 aliphatic heterocycles. The number of ether oxygens (including phenoxy) is 2. The summed E-state index contributed by atoms with van der Waals surface area (Å²) in [6.45, 7) is 1.49. The van der Waals surface area contributed by atoms with Gasteiger partial charge in [-0.15, -0.1) is 0 Å². The average molecular weight is 244 g/mol. The van der Waals surface area contributed by atoms with E-state index >= 15 is 0 Å². The molecule has 0 saturated carbocycles. The Labute approximate surface area is 97.4 Å². The van der Waals surface area contributed by atoms with Crippen molar-refractivity contribution in [1.29, 1.82) is 0 Å². The van der Waals surface area contributed by atoms with Gasteiger partial charge in [-0.3, -0.25) is 0 Å². The zero-order chi connectivity index (χ0) is 13.2. The summed E-state index contributed by atoms with van der Waals surface area (Å²) in [5.41, 5.74) is -0.0230. The number of carbonyl (C=O) groups excluding carboxylic acids is 1. The lowest BCUT2D eigenvalue weighted by molar-refractivity contribution is -0.150. The lowest BCUT2D eigenvalue weighted by atomic mass is 10.0. The van der Waals surface area contributed by atoms with Crippen molar-refractivity contribution in [2.45, 2.75) is 13.0 Å². The van der Waals surface area contributed by atoms with Crippen LogP contribution in [0.5, 0.6) is 11.5 Å². The number of phenols is 1. The minimum Gasteiger partial charge on any atom is -0.504 e. The molecule has 0 aliphatic carbocycles. The number of aliphatic hydroxyl groups is 1. The van der Waals surface area contributed by atoms with Gasteiger partial charge in [0.2, 0.25) is 0 Å². The fourth-order valence-electron chi connectivity index (χ4n) is 1.40. The molecule has 1 unspecified atom stereocenters. The summed E-state index contributed by atoms with van der Waals surface area (Å²) in [5, 5.41) is 19.1. The summed E-state index contributed by atoms with van der Waals surface area (Å²) >= 11 is 0. The summed E-state index contributed by atoms with van der Waals surface area (Å²) in [6, 6.07) is 1.16. The normalized spacial score (nSPS) is 12.1. The van der Waals surface area contributed by atoms with Crippen LogP contribution in [0.3, 0.4) is 0 Å². The van der Waals surface area contributed by atoms with Crippen LogP contribution in [-0.4, -0.2) is 30.4 Å². The monoisotopic (exact) mass is 244 g/mol. The molecule has 6 heteroatoms. The van der Waals surface area contributed by atoms with Crippen molar-refractivity contribution < 1.29 is 28.9 Å². The number of methoxy groups -OCH3 is 2. The number of hydrogen-bond donors (Lipinski definition) is 2. The van der Waals surface area contributed by atoms with Crippen LogP contribution in [0.15, 0.2) is 6.07 Å². The maximum absolute atomic E-state index is 13.8. The molecular weight excluding hydrogens is 231 g/mol. The third kappa shape index (κ3) is 2.31. The van der Waals surface area contributed by atoms with Crippen molar-refractivity contribution in [3.05, 3.63) is 23.0 Å². The summed E-state index contributed by atoms with van der Waals surface area (Å²) < 4.78 is 22.8. The van der Waals surface area contributed by atoms with Crippen molar-refractivity contribution in [2.24, 2.45) is 0 Å². The minimum absolute atomic E-state index is 0.279. The van der Waals surface area contributed by atoms with Crippen molar-refractivity contribution >= 4 is 5.97 Å². The van der Waals surface area contributed by atoms with E-state index in [4.69, 9.17) is 0 Å². The molecule has 0 amide bonds. The third-order valence-corrected chi connectivity index (χ3v) is 2.34. The number of aromatic hydroxyl groups is 1. The summed E-state index contributed by atoms with van der Waals surface area (Å²) in [5.74, 6) is -2.77. The molecule has 17 heavy (non-hydrogen) atoms. The molecular formula is C11H13FO5. The number of aryl methyl sites for hydroxylation is 1. The first-order chi connectivity index (χ1) is 7.93. The molecule has 0 bridgehead atoms. The van der Waals surface area contributed by atoms with Gasteiger partial charge in [-0.05, 0) is 18.6 Å². The molecule has 0 radical (unpaired) electrons. The van der Waals surface area contributed by atoms with Crippen LogP contribution in [0.4, 0.5) is 4.39 Å². The highest BCUT2D eigenvalue weighted by Crippen LogP contribution is 2.36. The van der Waals surface area contributed by atoms with Crippen LogP contribution in [-0.2, 0) is 9.53 Å². The molecule has 1 aromatic carbocycles. The van der Waals surface area contributed by atoms with Gasteiger partial charge >= 0.3 is 5.97 Å². The first-order valence-corrected chi connectivity index (χ1v) is 4.75. The van der Waals surface area contributed by atoms with Gasteiger partial charge in [-0.1, -0.05) is 0 Å². The Morgan fingerprint density at radius 1 is 1.47 bits per heavy atom. The van der Waals surface area contributed by atoms with Gasteiger partial charge in [0, 0.05) is 5.56 Å². The average Bonchev–Trinajstić information content (AvgIpc) is 2.32. The maximum Gasteiger partial charge on any atom is 0.339 e. The number of hydrogen-bond acceptors (Lipinski definition) is 5. The van der Waals surface area contributed by atoms with Gasteiger partial charge in [0.05, 0.1) is 14.2 Å². The number of phenolic OH excluding ortho intramolecular Hbond substituents is 1. The van der Waals surface area contributed by atoms with Gasteiger partial charge in [0.1, 0.15) is 0 Å². The lowest BCUT2D eigenvalue weighted by Gasteiger charge is -2.14. The Morgan fingerprint density at radius 3 is 2.53 bits per heavy atom. The van der Waals surface area contributed by atoms with E-state index in [9.17, 15) is 19.4 Å². The molecule has 0 saturated heterocycles. The number of halogens is 1. The van der Waals surface area contributed by atoms with E-state index in [1.54, 1.807) is 0 Å². The second-order valence-electron chi connectivity index (χ2n) is 3.40. The van der Waals surface area contributed by atoms with Crippen LogP contribution in [0.1, 0.15) is 17.2 Å². The topological polar surface area (TPSA) is 76.0 Å². The smallest absolute Gasteiger partial charge is 0.339 e. The maximum atomic E-state index is 13.8. The molecule has 0 aromatic heterocycles. The molecule has 0 aliphatic rings. The number of esters is 1. The predicted molar refractivity (Wildman–Crippen MR) is 56.3 cm³/mol. The van der Waals surface area contributed by atoms with Gasteiger partial charge in [-0.2, -0.15) is 0 Å². The summed E-state index contributed by atoms with van der Waals surface area (Å²) in [7, 11) is 2.25. The fourth-order valence-corrected chi connectivity index (χ4v) is 1.40. The summed E-state index contributed by atoms with van der Waals surface area (Å²) in [4.78, 5) is 11.1. The third-order valence-electron chi connectivity index (χ3n) is 2.34. The second kappa shape index (κ2) is 5.01. The highest BCUT2D eigenvalue weighted by Gasteiger charge is 2.26. The van der Waals surface area contributed by atoms with Crippen molar-refractivity contribution in [2.75, 3.05) is 14.2 Å². The minimum atomic E-state index is -1.76. The van der Waals surface area contributed by atoms with Gasteiger partial charge in [-0.25, -0.2) is 9.18 Å². The lowest BCUT2D eigenvalue weighted by Crippen LogP contribution is -2.15. The van der Waals surface area contributed by atoms with Crippen molar-refractivity contribution in [3.8, 4) is 11.5 Å². The van der Waals surface area contributed by atoms with E-state index in [1.165, 1.54) is 14.0 Å². The van der Waals surface area contributed by atoms with E-state index in [1.807, 2.05) is 0 Å². The van der Waals surface area contributed by atoms with Gasteiger partial charge in [0.15, 0.2) is 23.4 Å². The van der Waals surface area contributed by atoms with E-state index in [0.29, 0.717) is 0 Å². The Hall–Kier alpha value is -1.82. The van der Waals surface area contributed by atoms with Crippen LogP contribution in [0.2, 0.25) is 0 Å². The number of rotatable bonds is 3. The zero-order valence-electron chi connectivity index (χ0n) is 9.65. The van der Waals surface area contributed by atoms with Crippen LogP contribution < -0.4 is 4.74 Å². The first-order valence-electron chi connectivity index (χ1n) is 4.75. The Balaban J connectivity index is 3.35. The van der Waals surface area contributed by atoms with Crippen LogP contribution in [0, 0.1) is 12.7 Å². The SMILES string of the molecule is COC(=O)C(O)c1cc(C)c(O)c(OC)c1F. The van der Waals surface area contributed by atoms with E-state index in [0.717, 1.165) is 13.2 Å². The molecule has 1 atom stereocenters. The summed E-state index contributed by atoms with van der Waals surface area (Å²) in [6.07, 6.45) is -1.76. The Morgan fingerprint density at radius 2 is 2.06 bits per heavy atom. The molecule has 0 spiro atoms. The van der Waals surface area contributed by atoms with Crippen LogP contribution >= 0.6 is 0 Å². The molecule has 5 nitrogen and oxygen atoms in total. The molecule has 94 valence electrons. The second-order valence-corrected chi connectivity index (χ2v) is 3.40. The van der Waals surface area contributed by atoms with E-state index in [2.05, 4.69) is 9.47 Å². The highest BCUT2D eigenvalue weighted by molar-refractivity contribution is 5.76. The predicted octanol–water partition coefficient (Wildman–Crippen LogP) is 1.05. The Kier molecular flexibility index (Phi) is 3.90. The molecule has 0 heterocycles. The number of carbonyl (C=O) groups is 1. The highest BCUT2D eigenvalue weighted by atomic mass is 19.1. The van der Waals surface area contributed by atoms with E-state index < -0.39 is 23.6 Å². The molecule has 2 N–H and O–H groups in total. The number of benzene rings is 1. The molecule has 1 aromatic rings. The largest absolute Gasteiger partial charge is 0.504 e. The molecule has 0 fully saturated rings. The quantitative estimate of drug-likeness (QED) is 0.777. The number of aliphatic hydroxyl groups excluding tert-OH is 1. The van der Waals surface area contributed by atoms with Gasteiger partial charge in [0.25, 0.3) is 0 Å². The molecule has 1 rings (SSSR count). The fraction of sp³-hybridized carbons (Fsp3) is 0.364. The van der Waals surface area contributed by atoms with Gasteiger partial charge < -0.3 is 19.7 Å². The van der Waals surface area contributed by atoms with Crippen molar-refractivity contribution in [1.82, 2.24) is 0 Å².